The first-order valence-electron chi connectivity index (χ1n) is 7.24. The molecule has 118 valence electrons. The third-order valence-electron chi connectivity index (χ3n) is 3.33. The van der Waals surface area contributed by atoms with E-state index in [9.17, 15) is 9.90 Å². The van der Waals surface area contributed by atoms with E-state index in [1.165, 1.54) is 0 Å². The van der Waals surface area contributed by atoms with Crippen molar-refractivity contribution in [2.24, 2.45) is 16.5 Å². The topological polar surface area (TPSA) is 102 Å². The first-order chi connectivity index (χ1) is 11.0. The third-order valence-corrected chi connectivity index (χ3v) is 3.33. The number of benzene rings is 2. The van der Waals surface area contributed by atoms with Gasteiger partial charge in [-0.1, -0.05) is 43.3 Å². The minimum atomic E-state index is -0.446. The molecule has 0 spiro atoms. The van der Waals surface area contributed by atoms with Crippen molar-refractivity contribution in [2.75, 3.05) is 0 Å². The molecule has 2 rings (SSSR count). The van der Waals surface area contributed by atoms with Gasteiger partial charge in [0.1, 0.15) is 5.75 Å². The lowest BCUT2D eigenvalue weighted by molar-refractivity contribution is -0.114. The molecule has 0 aliphatic carbocycles. The van der Waals surface area contributed by atoms with Crippen LogP contribution in [0.2, 0.25) is 0 Å². The molecule has 0 aromatic heterocycles. The zero-order chi connectivity index (χ0) is 16.8. The SMILES string of the molecule is CCC(=Cc1ccccc1-c1cccc(O)c1)C(=O)N=C(N)N. The van der Waals surface area contributed by atoms with E-state index in [-0.39, 0.29) is 11.7 Å². The van der Waals surface area contributed by atoms with Gasteiger partial charge < -0.3 is 16.6 Å². The number of aliphatic imine (C=N–C) groups is 1. The molecule has 23 heavy (non-hydrogen) atoms. The Morgan fingerprint density at radius 2 is 1.91 bits per heavy atom. The Bertz CT molecular complexity index is 775. The second-order valence-electron chi connectivity index (χ2n) is 5.00. The van der Waals surface area contributed by atoms with Gasteiger partial charge in [-0.2, -0.15) is 4.99 Å². The molecule has 2 aromatic carbocycles. The lowest BCUT2D eigenvalue weighted by atomic mass is 9.97. The monoisotopic (exact) mass is 309 g/mol. The zero-order valence-electron chi connectivity index (χ0n) is 12.9. The van der Waals surface area contributed by atoms with Crippen molar-refractivity contribution in [3.8, 4) is 16.9 Å². The summed E-state index contributed by atoms with van der Waals surface area (Å²) in [4.78, 5) is 15.6. The van der Waals surface area contributed by atoms with E-state index < -0.39 is 5.91 Å². The molecule has 0 radical (unpaired) electrons. The van der Waals surface area contributed by atoms with Crippen LogP contribution in [0, 0.1) is 0 Å². The number of guanidine groups is 1. The van der Waals surface area contributed by atoms with Gasteiger partial charge in [0.15, 0.2) is 5.96 Å². The number of rotatable bonds is 4. The first-order valence-corrected chi connectivity index (χ1v) is 7.24. The average Bonchev–Trinajstić information content (AvgIpc) is 2.52. The lowest BCUT2D eigenvalue weighted by Crippen LogP contribution is -2.24. The zero-order valence-corrected chi connectivity index (χ0v) is 12.9. The Labute approximate surface area is 135 Å². The summed E-state index contributed by atoms with van der Waals surface area (Å²) in [6, 6.07) is 14.6. The minimum absolute atomic E-state index is 0.188. The van der Waals surface area contributed by atoms with E-state index in [1.54, 1.807) is 24.3 Å². The Morgan fingerprint density at radius 3 is 2.57 bits per heavy atom. The summed E-state index contributed by atoms with van der Waals surface area (Å²) in [5, 5.41) is 9.67. The van der Waals surface area contributed by atoms with Gasteiger partial charge in [-0.15, -0.1) is 0 Å². The molecular formula is C18H19N3O2. The highest BCUT2D eigenvalue weighted by Gasteiger charge is 2.09. The molecule has 0 atom stereocenters. The summed E-state index contributed by atoms with van der Waals surface area (Å²) in [6.45, 7) is 1.86. The van der Waals surface area contributed by atoms with Crippen LogP contribution in [-0.2, 0) is 4.79 Å². The number of carbonyl (C=O) groups is 1. The highest BCUT2D eigenvalue weighted by molar-refractivity contribution is 6.04. The fourth-order valence-corrected chi connectivity index (χ4v) is 2.25. The number of aromatic hydroxyl groups is 1. The maximum atomic E-state index is 12.0. The number of carbonyl (C=O) groups excluding carboxylic acids is 1. The van der Waals surface area contributed by atoms with E-state index >= 15 is 0 Å². The van der Waals surface area contributed by atoms with E-state index in [2.05, 4.69) is 4.99 Å². The fourth-order valence-electron chi connectivity index (χ4n) is 2.25. The van der Waals surface area contributed by atoms with Crippen molar-refractivity contribution < 1.29 is 9.90 Å². The van der Waals surface area contributed by atoms with Crippen molar-refractivity contribution in [1.29, 1.82) is 0 Å². The maximum absolute atomic E-state index is 12.0. The second-order valence-corrected chi connectivity index (χ2v) is 5.00. The molecule has 0 heterocycles. The quantitative estimate of drug-likeness (QED) is 0.459. The van der Waals surface area contributed by atoms with E-state index in [0.717, 1.165) is 16.7 Å². The number of hydrogen-bond donors (Lipinski definition) is 3. The van der Waals surface area contributed by atoms with E-state index in [4.69, 9.17) is 11.5 Å². The molecule has 2 aromatic rings. The van der Waals surface area contributed by atoms with Crippen molar-refractivity contribution in [3.63, 3.8) is 0 Å². The van der Waals surface area contributed by atoms with Crippen molar-refractivity contribution in [3.05, 3.63) is 59.7 Å². The summed E-state index contributed by atoms with van der Waals surface area (Å²) in [5.41, 5.74) is 13.7. The van der Waals surface area contributed by atoms with Crippen LogP contribution in [0.25, 0.3) is 17.2 Å². The minimum Gasteiger partial charge on any atom is -0.508 e. The Morgan fingerprint density at radius 1 is 1.17 bits per heavy atom. The summed E-state index contributed by atoms with van der Waals surface area (Å²) < 4.78 is 0. The van der Waals surface area contributed by atoms with Crippen molar-refractivity contribution in [1.82, 2.24) is 0 Å². The molecule has 0 saturated heterocycles. The highest BCUT2D eigenvalue weighted by Crippen LogP contribution is 2.28. The van der Waals surface area contributed by atoms with Gasteiger partial charge in [-0.3, -0.25) is 4.79 Å². The molecule has 5 N–H and O–H groups in total. The number of phenols is 1. The van der Waals surface area contributed by atoms with Crippen molar-refractivity contribution >= 4 is 17.9 Å². The van der Waals surface area contributed by atoms with Crippen LogP contribution in [0.4, 0.5) is 0 Å². The standard InChI is InChI=1S/C18H19N3O2/c1-2-12(17(23)21-18(19)20)10-13-6-3-4-9-16(13)14-7-5-8-15(22)11-14/h3-11,22H,2H2,1H3,(H4,19,20,21,23). The summed E-state index contributed by atoms with van der Waals surface area (Å²) in [6.07, 6.45) is 2.28. The molecule has 5 heteroatoms. The second kappa shape index (κ2) is 7.26. The number of phenolic OH excluding ortho intramolecular Hbond substituents is 1. The molecular weight excluding hydrogens is 290 g/mol. The predicted molar refractivity (Wildman–Crippen MR) is 92.6 cm³/mol. The third kappa shape index (κ3) is 4.20. The molecule has 0 fully saturated rings. The van der Waals surface area contributed by atoms with Gasteiger partial charge in [0, 0.05) is 5.57 Å². The number of hydrogen-bond acceptors (Lipinski definition) is 2. The molecule has 0 saturated carbocycles. The molecule has 0 unspecified atom stereocenters. The number of nitrogens with zero attached hydrogens (tertiary/aromatic N) is 1. The largest absolute Gasteiger partial charge is 0.508 e. The summed E-state index contributed by atoms with van der Waals surface area (Å²) in [5.74, 6) is -0.512. The van der Waals surface area contributed by atoms with Gasteiger partial charge in [0.05, 0.1) is 0 Å². The van der Waals surface area contributed by atoms with Gasteiger partial charge >= 0.3 is 0 Å². The Hall–Kier alpha value is -3.08. The maximum Gasteiger partial charge on any atom is 0.276 e. The van der Waals surface area contributed by atoms with Gasteiger partial charge in [0.25, 0.3) is 5.91 Å². The fraction of sp³-hybridized carbons (Fsp3) is 0.111. The summed E-state index contributed by atoms with van der Waals surface area (Å²) >= 11 is 0. The van der Waals surface area contributed by atoms with Gasteiger partial charge in [-0.25, -0.2) is 0 Å². The van der Waals surface area contributed by atoms with Crippen LogP contribution >= 0.6 is 0 Å². The Balaban J connectivity index is 2.50. The van der Waals surface area contributed by atoms with Gasteiger partial charge in [0.2, 0.25) is 0 Å². The average molecular weight is 309 g/mol. The Kier molecular flexibility index (Phi) is 5.15. The van der Waals surface area contributed by atoms with Crippen LogP contribution in [0.5, 0.6) is 5.75 Å². The molecule has 0 bridgehead atoms. The van der Waals surface area contributed by atoms with Crippen LogP contribution in [0.1, 0.15) is 18.9 Å². The van der Waals surface area contributed by atoms with Crippen molar-refractivity contribution in [2.45, 2.75) is 13.3 Å². The molecule has 5 nitrogen and oxygen atoms in total. The molecule has 0 aliphatic rings. The first kappa shape index (κ1) is 16.3. The van der Waals surface area contributed by atoms with Crippen LogP contribution < -0.4 is 11.5 Å². The number of amides is 1. The van der Waals surface area contributed by atoms with Crippen LogP contribution in [-0.4, -0.2) is 17.0 Å². The smallest absolute Gasteiger partial charge is 0.276 e. The van der Waals surface area contributed by atoms with E-state index in [1.807, 2.05) is 37.3 Å². The van der Waals surface area contributed by atoms with Crippen LogP contribution in [0.15, 0.2) is 59.1 Å². The van der Waals surface area contributed by atoms with E-state index in [0.29, 0.717) is 12.0 Å². The number of nitrogens with two attached hydrogens (primary N) is 2. The normalized spacial score (nSPS) is 11.1. The van der Waals surface area contributed by atoms with Crippen LogP contribution in [0.3, 0.4) is 0 Å². The summed E-state index contributed by atoms with van der Waals surface area (Å²) in [7, 11) is 0. The highest BCUT2D eigenvalue weighted by atomic mass is 16.3. The predicted octanol–water partition coefficient (Wildman–Crippen LogP) is 2.65. The van der Waals surface area contributed by atoms with Gasteiger partial charge in [-0.05, 0) is 41.3 Å². The molecule has 0 aliphatic heterocycles. The molecule has 1 amide bonds. The lowest BCUT2D eigenvalue weighted by Gasteiger charge is -2.08.